The Kier molecular flexibility index (Phi) is 11.8. The van der Waals surface area contributed by atoms with Crippen molar-refractivity contribution in [1.82, 2.24) is 25.7 Å². The van der Waals surface area contributed by atoms with Crippen molar-refractivity contribution in [2.75, 3.05) is 43.9 Å². The molecule has 1 fully saturated rings. The Morgan fingerprint density at radius 3 is 2.54 bits per heavy atom. The van der Waals surface area contributed by atoms with Crippen LogP contribution in [-0.4, -0.2) is 59.5 Å². The number of hydrazine groups is 1. The molecule has 11 nitrogen and oxygen atoms in total. The zero-order valence-corrected chi connectivity index (χ0v) is 22.8. The molecular weight excluding hydrogens is 522 g/mol. The second-order valence-electron chi connectivity index (χ2n) is 8.23. The van der Waals surface area contributed by atoms with Gasteiger partial charge in [-0.1, -0.05) is 55.8 Å². The first kappa shape index (κ1) is 29.6. The molecule has 0 aliphatic carbocycles. The summed E-state index contributed by atoms with van der Waals surface area (Å²) in [5.74, 6) is -0.374. The molecule has 1 aliphatic heterocycles. The molecule has 4 rings (SSSR count). The highest BCUT2D eigenvalue weighted by atomic mass is 35.5. The number of carbonyl (C=O) groups excluding carboxylic acids is 2. The maximum Gasteiger partial charge on any atom is 0.277 e. The minimum Gasteiger partial charge on any atom is -0.487 e. The zero-order valence-electron chi connectivity index (χ0n) is 22.1. The van der Waals surface area contributed by atoms with Crippen molar-refractivity contribution in [2.24, 2.45) is 0 Å². The molecule has 12 heteroatoms. The summed E-state index contributed by atoms with van der Waals surface area (Å²) >= 11 is 6.41. The van der Waals surface area contributed by atoms with Gasteiger partial charge in [-0.05, 0) is 23.8 Å². The predicted octanol–water partition coefficient (Wildman–Crippen LogP) is 3.54. The van der Waals surface area contributed by atoms with Crippen molar-refractivity contribution in [3.63, 3.8) is 0 Å². The van der Waals surface area contributed by atoms with E-state index in [4.69, 9.17) is 26.8 Å². The first-order chi connectivity index (χ1) is 19.0. The summed E-state index contributed by atoms with van der Waals surface area (Å²) in [7, 11) is 0. The monoisotopic (exact) mass is 555 g/mol. The van der Waals surface area contributed by atoms with Gasteiger partial charge in [0, 0.05) is 31.7 Å². The SMILES string of the molecule is CC.Nc1ncnc(Nc2ccc(OCc3ccccc3)c(Cl)c2)c1C(=O)NNC(=O)CCN1CCOCC1. The van der Waals surface area contributed by atoms with Crippen LogP contribution in [0.5, 0.6) is 5.75 Å². The van der Waals surface area contributed by atoms with Crippen LogP contribution in [0.15, 0.2) is 54.9 Å². The number of hydrogen-bond donors (Lipinski definition) is 4. The average Bonchev–Trinajstić information content (AvgIpc) is 2.96. The van der Waals surface area contributed by atoms with Crippen molar-refractivity contribution in [2.45, 2.75) is 26.9 Å². The average molecular weight is 556 g/mol. The molecule has 0 saturated carbocycles. The smallest absolute Gasteiger partial charge is 0.277 e. The number of hydrogen-bond acceptors (Lipinski definition) is 9. The molecule has 0 spiro atoms. The fourth-order valence-electron chi connectivity index (χ4n) is 3.62. The van der Waals surface area contributed by atoms with Crippen molar-refractivity contribution in [3.05, 3.63) is 71.0 Å². The summed E-state index contributed by atoms with van der Waals surface area (Å²) in [6.07, 6.45) is 1.46. The molecule has 3 aromatic rings. The number of anilines is 3. The van der Waals surface area contributed by atoms with Gasteiger partial charge in [-0.15, -0.1) is 0 Å². The Labute approximate surface area is 233 Å². The summed E-state index contributed by atoms with van der Waals surface area (Å²) in [4.78, 5) is 35.2. The first-order valence-electron chi connectivity index (χ1n) is 12.7. The number of nitrogens with two attached hydrogens (primary N) is 1. The number of carbonyl (C=O) groups is 2. The fourth-order valence-corrected chi connectivity index (χ4v) is 3.86. The van der Waals surface area contributed by atoms with E-state index in [1.54, 1.807) is 18.2 Å². The third kappa shape index (κ3) is 9.10. The molecule has 1 saturated heterocycles. The maximum atomic E-state index is 12.8. The first-order valence-corrected chi connectivity index (χ1v) is 13.1. The molecule has 1 aliphatic rings. The van der Waals surface area contributed by atoms with E-state index >= 15 is 0 Å². The predicted molar refractivity (Wildman–Crippen MR) is 151 cm³/mol. The summed E-state index contributed by atoms with van der Waals surface area (Å²) in [5.41, 5.74) is 12.3. The molecule has 208 valence electrons. The van der Waals surface area contributed by atoms with Crippen molar-refractivity contribution in [1.29, 1.82) is 0 Å². The van der Waals surface area contributed by atoms with Crippen LogP contribution in [0.1, 0.15) is 36.2 Å². The molecule has 5 N–H and O–H groups in total. The highest BCUT2D eigenvalue weighted by Gasteiger charge is 2.19. The summed E-state index contributed by atoms with van der Waals surface area (Å²) in [6, 6.07) is 14.8. The van der Waals surface area contributed by atoms with Gasteiger partial charge in [-0.2, -0.15) is 0 Å². The zero-order chi connectivity index (χ0) is 28.0. The molecule has 0 bridgehead atoms. The molecule has 0 radical (unpaired) electrons. The van der Waals surface area contributed by atoms with E-state index in [9.17, 15) is 9.59 Å². The highest BCUT2D eigenvalue weighted by molar-refractivity contribution is 6.32. The standard InChI is InChI=1S/C25H28ClN7O4.C2H6/c26-19-14-18(6-7-20(19)37-15-17-4-2-1-3-5-17)30-24-22(23(27)28-16-29-24)25(35)32-31-21(34)8-9-33-10-12-36-13-11-33;1-2/h1-7,14,16H,8-13,15H2,(H,31,34)(H,32,35)(H3,27,28,29,30);1-2H3. The highest BCUT2D eigenvalue weighted by Crippen LogP contribution is 2.30. The minimum absolute atomic E-state index is 0.0171. The summed E-state index contributed by atoms with van der Waals surface area (Å²) in [6.45, 7) is 7.79. The van der Waals surface area contributed by atoms with Crippen LogP contribution in [0.4, 0.5) is 17.3 Å². The Hall–Kier alpha value is -3.93. The number of rotatable bonds is 9. The number of nitrogen functional groups attached to an aromatic ring is 1. The molecule has 39 heavy (non-hydrogen) atoms. The van der Waals surface area contributed by atoms with Gasteiger partial charge in [0.2, 0.25) is 5.91 Å². The molecule has 0 unspecified atom stereocenters. The van der Waals surface area contributed by atoms with Crippen LogP contribution in [0.2, 0.25) is 5.02 Å². The largest absolute Gasteiger partial charge is 0.487 e. The summed E-state index contributed by atoms with van der Waals surface area (Å²) < 4.78 is 11.1. The van der Waals surface area contributed by atoms with Crippen molar-refractivity contribution >= 4 is 40.7 Å². The van der Waals surface area contributed by atoms with Crippen LogP contribution < -0.4 is 26.6 Å². The summed E-state index contributed by atoms with van der Waals surface area (Å²) in [5, 5.41) is 3.41. The van der Waals surface area contributed by atoms with Gasteiger partial charge in [0.15, 0.2) is 0 Å². The minimum atomic E-state index is -0.658. The number of aromatic nitrogens is 2. The van der Waals surface area contributed by atoms with Gasteiger partial charge in [0.1, 0.15) is 35.9 Å². The lowest BCUT2D eigenvalue weighted by Gasteiger charge is -2.26. The van der Waals surface area contributed by atoms with Gasteiger partial charge in [-0.3, -0.25) is 25.3 Å². The second kappa shape index (κ2) is 15.5. The number of morpholine rings is 1. The van der Waals surface area contributed by atoms with Gasteiger partial charge < -0.3 is 20.5 Å². The van der Waals surface area contributed by atoms with E-state index in [0.29, 0.717) is 42.8 Å². The van der Waals surface area contributed by atoms with E-state index in [1.165, 1.54) is 6.33 Å². The van der Waals surface area contributed by atoms with E-state index in [2.05, 4.69) is 31.0 Å². The van der Waals surface area contributed by atoms with Crippen LogP contribution >= 0.6 is 11.6 Å². The fraction of sp³-hybridized carbons (Fsp3) is 0.333. The van der Waals surface area contributed by atoms with Crippen LogP contribution in [0.25, 0.3) is 0 Å². The van der Waals surface area contributed by atoms with Gasteiger partial charge in [0.05, 0.1) is 18.2 Å². The number of nitrogens with zero attached hydrogens (tertiary/aromatic N) is 3. The van der Waals surface area contributed by atoms with Crippen molar-refractivity contribution in [3.8, 4) is 5.75 Å². The molecule has 1 aromatic heterocycles. The number of ether oxygens (including phenoxy) is 2. The van der Waals surface area contributed by atoms with Crippen LogP contribution in [0.3, 0.4) is 0 Å². The molecular formula is C27H34ClN7O4. The molecule has 0 atom stereocenters. The number of benzene rings is 2. The Bertz CT molecular complexity index is 1220. The molecule has 2 amide bonds. The van der Waals surface area contributed by atoms with E-state index in [-0.39, 0.29) is 29.5 Å². The van der Waals surface area contributed by atoms with Crippen LogP contribution in [-0.2, 0) is 16.1 Å². The normalized spacial score (nSPS) is 13.0. The number of nitrogens with one attached hydrogen (secondary N) is 3. The van der Waals surface area contributed by atoms with Gasteiger partial charge in [-0.25, -0.2) is 9.97 Å². The lowest BCUT2D eigenvalue weighted by atomic mass is 10.2. The number of amides is 2. The Balaban J connectivity index is 0.00000205. The lowest BCUT2D eigenvalue weighted by Crippen LogP contribution is -2.44. The second-order valence-corrected chi connectivity index (χ2v) is 8.64. The third-order valence-corrected chi connectivity index (χ3v) is 5.91. The van der Waals surface area contributed by atoms with Crippen molar-refractivity contribution < 1.29 is 19.1 Å². The Morgan fingerprint density at radius 2 is 1.82 bits per heavy atom. The molecule has 2 aromatic carbocycles. The van der Waals surface area contributed by atoms with E-state index < -0.39 is 5.91 Å². The maximum absolute atomic E-state index is 12.8. The lowest BCUT2D eigenvalue weighted by molar-refractivity contribution is -0.122. The number of halogens is 1. The quantitative estimate of drug-likeness (QED) is 0.291. The topological polar surface area (TPSA) is 144 Å². The molecule has 2 heterocycles. The van der Waals surface area contributed by atoms with E-state index in [1.807, 2.05) is 44.2 Å². The van der Waals surface area contributed by atoms with Gasteiger partial charge >= 0.3 is 0 Å². The van der Waals surface area contributed by atoms with Gasteiger partial charge in [0.25, 0.3) is 5.91 Å². The third-order valence-electron chi connectivity index (χ3n) is 5.61. The van der Waals surface area contributed by atoms with E-state index in [0.717, 1.165) is 18.7 Å². The Morgan fingerprint density at radius 1 is 1.08 bits per heavy atom. The van der Waals surface area contributed by atoms with Crippen LogP contribution in [0, 0.1) is 0 Å².